The lowest BCUT2D eigenvalue weighted by Crippen LogP contribution is -2.13. The molecule has 0 bridgehead atoms. The molecule has 0 spiro atoms. The maximum atomic E-state index is 12.0. The lowest BCUT2D eigenvalue weighted by atomic mass is 10.3. The number of benzene rings is 1. The maximum Gasteiger partial charge on any atom is 0.263 e. The summed E-state index contributed by atoms with van der Waals surface area (Å²) >= 11 is 0. The molecule has 1 aromatic carbocycles. The molecule has 0 fully saturated rings. The smallest absolute Gasteiger partial charge is 0.263 e. The molecule has 2 aromatic rings. The van der Waals surface area contributed by atoms with Gasteiger partial charge in [0.1, 0.15) is 11.6 Å². The van der Waals surface area contributed by atoms with Crippen molar-refractivity contribution in [2.75, 3.05) is 4.72 Å². The van der Waals surface area contributed by atoms with Crippen LogP contribution >= 0.6 is 0 Å². The van der Waals surface area contributed by atoms with Gasteiger partial charge in [0.2, 0.25) is 0 Å². The van der Waals surface area contributed by atoms with Gasteiger partial charge in [-0.05, 0) is 36.8 Å². The van der Waals surface area contributed by atoms with Gasteiger partial charge in [-0.3, -0.25) is 4.72 Å². The van der Waals surface area contributed by atoms with Gasteiger partial charge >= 0.3 is 0 Å². The van der Waals surface area contributed by atoms with Crippen LogP contribution in [0.2, 0.25) is 0 Å². The van der Waals surface area contributed by atoms with Crippen molar-refractivity contribution < 1.29 is 13.5 Å². The van der Waals surface area contributed by atoms with E-state index < -0.39 is 10.0 Å². The lowest BCUT2D eigenvalue weighted by molar-refractivity contribution is 0.473. The zero-order valence-electron chi connectivity index (χ0n) is 9.66. The number of aromatic hydroxyl groups is 1. The zero-order chi connectivity index (χ0) is 13.2. The molecular weight excluding hydrogens is 252 g/mol. The number of phenols is 1. The Morgan fingerprint density at radius 2 is 2.00 bits per heavy atom. The number of anilines is 1. The monoisotopic (exact) mass is 264 g/mol. The van der Waals surface area contributed by atoms with Crippen LogP contribution in [0.15, 0.2) is 47.5 Å². The van der Waals surface area contributed by atoms with Crippen LogP contribution in [-0.2, 0) is 10.0 Å². The van der Waals surface area contributed by atoms with Crippen molar-refractivity contribution in [1.29, 1.82) is 0 Å². The molecule has 18 heavy (non-hydrogen) atoms. The highest BCUT2D eigenvalue weighted by Crippen LogP contribution is 2.18. The molecule has 1 aromatic heterocycles. The number of sulfonamides is 1. The Hall–Kier alpha value is -2.08. The first-order valence-electron chi connectivity index (χ1n) is 5.22. The minimum atomic E-state index is -3.73. The quantitative estimate of drug-likeness (QED) is 0.887. The third kappa shape index (κ3) is 2.78. The van der Waals surface area contributed by atoms with E-state index in [9.17, 15) is 13.5 Å². The molecule has 0 aliphatic carbocycles. The Kier molecular flexibility index (Phi) is 3.20. The van der Waals surface area contributed by atoms with Gasteiger partial charge in [-0.2, -0.15) is 0 Å². The van der Waals surface area contributed by atoms with Gasteiger partial charge < -0.3 is 5.11 Å². The number of nitrogens with zero attached hydrogens (tertiary/aromatic N) is 1. The molecule has 5 nitrogen and oxygen atoms in total. The Balaban J connectivity index is 2.33. The van der Waals surface area contributed by atoms with E-state index in [1.807, 2.05) is 6.92 Å². The Labute approximate surface area is 105 Å². The van der Waals surface area contributed by atoms with Crippen LogP contribution in [0, 0.1) is 6.92 Å². The molecule has 0 saturated heterocycles. The van der Waals surface area contributed by atoms with E-state index >= 15 is 0 Å². The molecule has 1 heterocycles. The second-order valence-electron chi connectivity index (χ2n) is 3.82. The summed E-state index contributed by atoms with van der Waals surface area (Å²) in [7, 11) is -3.73. The van der Waals surface area contributed by atoms with Crippen LogP contribution in [0.25, 0.3) is 0 Å². The van der Waals surface area contributed by atoms with E-state index in [-0.39, 0.29) is 16.5 Å². The summed E-state index contributed by atoms with van der Waals surface area (Å²) in [5.41, 5.74) is 0.901. The first-order chi connectivity index (χ1) is 8.47. The van der Waals surface area contributed by atoms with Crippen LogP contribution < -0.4 is 4.72 Å². The first kappa shape index (κ1) is 12.4. The Morgan fingerprint density at radius 1 is 1.22 bits per heavy atom. The molecule has 0 atom stereocenters. The highest BCUT2D eigenvalue weighted by molar-refractivity contribution is 7.92. The molecule has 0 unspecified atom stereocenters. The van der Waals surface area contributed by atoms with Gasteiger partial charge in [0.05, 0.1) is 4.90 Å². The molecule has 0 saturated carbocycles. The minimum absolute atomic E-state index is 0.00851. The van der Waals surface area contributed by atoms with Gasteiger partial charge in [0, 0.05) is 12.3 Å². The molecule has 0 aliphatic heterocycles. The van der Waals surface area contributed by atoms with E-state index in [2.05, 4.69) is 9.71 Å². The van der Waals surface area contributed by atoms with Crippen LogP contribution in [-0.4, -0.2) is 18.5 Å². The van der Waals surface area contributed by atoms with Crippen molar-refractivity contribution in [1.82, 2.24) is 4.98 Å². The van der Waals surface area contributed by atoms with E-state index in [1.54, 1.807) is 12.1 Å². The van der Waals surface area contributed by atoms with Crippen molar-refractivity contribution in [3.8, 4) is 5.75 Å². The molecule has 2 N–H and O–H groups in total. The summed E-state index contributed by atoms with van der Waals surface area (Å²) in [6, 6.07) is 8.85. The predicted octanol–water partition coefficient (Wildman–Crippen LogP) is 1.90. The van der Waals surface area contributed by atoms with Crippen molar-refractivity contribution in [3.05, 3.63) is 48.2 Å². The van der Waals surface area contributed by atoms with E-state index in [0.717, 1.165) is 5.56 Å². The van der Waals surface area contributed by atoms with Crippen LogP contribution in [0.5, 0.6) is 5.75 Å². The number of hydrogen-bond acceptors (Lipinski definition) is 4. The van der Waals surface area contributed by atoms with Crippen LogP contribution in [0.1, 0.15) is 5.56 Å². The highest BCUT2D eigenvalue weighted by Gasteiger charge is 2.15. The number of pyridine rings is 1. The summed E-state index contributed by atoms with van der Waals surface area (Å²) in [6.07, 6.45) is 1.52. The molecular formula is C12H12N2O3S. The summed E-state index contributed by atoms with van der Waals surface area (Å²) in [5, 5.41) is 9.28. The largest absolute Gasteiger partial charge is 0.508 e. The normalized spacial score (nSPS) is 11.2. The molecule has 0 amide bonds. The summed E-state index contributed by atoms with van der Waals surface area (Å²) < 4.78 is 26.4. The topological polar surface area (TPSA) is 79.3 Å². The predicted molar refractivity (Wildman–Crippen MR) is 67.9 cm³/mol. The van der Waals surface area contributed by atoms with E-state index in [4.69, 9.17) is 0 Å². The van der Waals surface area contributed by atoms with Gasteiger partial charge in [-0.25, -0.2) is 13.4 Å². The van der Waals surface area contributed by atoms with E-state index in [1.165, 1.54) is 30.5 Å². The molecule has 0 radical (unpaired) electrons. The summed E-state index contributed by atoms with van der Waals surface area (Å²) in [6.45, 7) is 1.84. The van der Waals surface area contributed by atoms with Crippen molar-refractivity contribution in [2.24, 2.45) is 0 Å². The molecule has 2 rings (SSSR count). The van der Waals surface area contributed by atoms with Crippen LogP contribution in [0.3, 0.4) is 0 Å². The molecule has 94 valence electrons. The number of phenolic OH excluding ortho intramolecular Hbond substituents is 1. The van der Waals surface area contributed by atoms with Gasteiger partial charge in [-0.15, -0.1) is 0 Å². The number of rotatable bonds is 3. The average molecular weight is 264 g/mol. The fourth-order valence-corrected chi connectivity index (χ4v) is 2.48. The number of hydrogen-bond donors (Lipinski definition) is 2. The molecule has 6 heteroatoms. The van der Waals surface area contributed by atoms with Gasteiger partial charge in [0.15, 0.2) is 0 Å². The summed E-state index contributed by atoms with van der Waals surface area (Å²) in [4.78, 5) is 3.91. The minimum Gasteiger partial charge on any atom is -0.508 e. The van der Waals surface area contributed by atoms with Crippen molar-refractivity contribution >= 4 is 15.8 Å². The van der Waals surface area contributed by atoms with Crippen molar-refractivity contribution in [3.63, 3.8) is 0 Å². The second kappa shape index (κ2) is 4.66. The fourth-order valence-electron chi connectivity index (χ4n) is 1.44. The zero-order valence-corrected chi connectivity index (χ0v) is 10.5. The second-order valence-corrected chi connectivity index (χ2v) is 5.50. The Bertz CT molecular complexity index is 669. The number of nitrogens with one attached hydrogen (secondary N) is 1. The lowest BCUT2D eigenvalue weighted by Gasteiger charge is -2.07. The average Bonchev–Trinajstić information content (AvgIpc) is 2.28. The maximum absolute atomic E-state index is 12.0. The number of aromatic nitrogens is 1. The van der Waals surface area contributed by atoms with Crippen molar-refractivity contribution in [2.45, 2.75) is 11.8 Å². The van der Waals surface area contributed by atoms with Crippen LogP contribution in [0.4, 0.5) is 5.82 Å². The number of aryl methyl sites for hydroxylation is 1. The third-order valence-corrected chi connectivity index (χ3v) is 3.63. The fraction of sp³-hybridized carbons (Fsp3) is 0.0833. The SMILES string of the molecule is Cc1ccnc(NS(=O)(=O)c2cccc(O)c2)c1. The first-order valence-corrected chi connectivity index (χ1v) is 6.70. The third-order valence-electron chi connectivity index (χ3n) is 2.28. The van der Waals surface area contributed by atoms with E-state index in [0.29, 0.717) is 0 Å². The highest BCUT2D eigenvalue weighted by atomic mass is 32.2. The standard InChI is InChI=1S/C12H12N2O3S/c1-9-5-6-13-12(7-9)14-18(16,17)11-4-2-3-10(15)8-11/h2-8,15H,1H3,(H,13,14). The Morgan fingerprint density at radius 3 is 2.67 bits per heavy atom. The van der Waals surface area contributed by atoms with Gasteiger partial charge in [-0.1, -0.05) is 6.07 Å². The summed E-state index contributed by atoms with van der Waals surface area (Å²) in [5.74, 6) is 0.147. The molecule has 0 aliphatic rings. The van der Waals surface area contributed by atoms with Gasteiger partial charge in [0.25, 0.3) is 10.0 Å².